The second kappa shape index (κ2) is 12.9. The van der Waals surface area contributed by atoms with E-state index in [1.54, 1.807) is 25.1 Å². The van der Waals surface area contributed by atoms with E-state index in [-0.39, 0.29) is 49.6 Å². The van der Waals surface area contributed by atoms with Gasteiger partial charge < -0.3 is 10.2 Å². The maximum atomic E-state index is 13.4. The lowest BCUT2D eigenvalue weighted by Gasteiger charge is -2.30. The van der Waals surface area contributed by atoms with Crippen LogP contribution in [0.5, 0.6) is 0 Å². The van der Waals surface area contributed by atoms with Crippen LogP contribution in [0.3, 0.4) is 0 Å². The van der Waals surface area contributed by atoms with Gasteiger partial charge in [0, 0.05) is 25.6 Å². The molecule has 0 heterocycles. The van der Waals surface area contributed by atoms with Crippen LogP contribution in [0.1, 0.15) is 56.7 Å². The fraction of sp³-hybridized carbons (Fsp3) is 0.481. The number of amides is 2. The van der Waals surface area contributed by atoms with E-state index in [0.29, 0.717) is 11.3 Å². The predicted octanol–water partition coefficient (Wildman–Crippen LogP) is 4.32. The molecule has 0 fully saturated rings. The molecule has 0 aliphatic heterocycles. The summed E-state index contributed by atoms with van der Waals surface area (Å²) in [5.74, 6) is -0.931. The highest BCUT2D eigenvalue weighted by atomic mass is 32.2. The van der Waals surface area contributed by atoms with E-state index < -0.39 is 16.1 Å². The number of nitrogens with zero attached hydrogens (tertiary/aromatic N) is 2. The molecule has 1 N–H and O–H groups in total. The summed E-state index contributed by atoms with van der Waals surface area (Å²) in [4.78, 5) is 27.6. The van der Waals surface area contributed by atoms with Crippen LogP contribution in [0.15, 0.2) is 42.5 Å². The van der Waals surface area contributed by atoms with Crippen LogP contribution < -0.4 is 9.62 Å². The Morgan fingerprint density at radius 3 is 2.28 bits per heavy atom. The molecule has 0 bridgehead atoms. The van der Waals surface area contributed by atoms with Gasteiger partial charge in [-0.05, 0) is 75.4 Å². The Bertz CT molecular complexity index is 1150. The summed E-state index contributed by atoms with van der Waals surface area (Å²) < 4.78 is 39.8. The van der Waals surface area contributed by atoms with E-state index in [9.17, 15) is 22.4 Å². The number of benzene rings is 2. The van der Waals surface area contributed by atoms with Crippen LogP contribution in [0.25, 0.3) is 0 Å². The van der Waals surface area contributed by atoms with E-state index in [1.807, 2.05) is 39.8 Å². The van der Waals surface area contributed by atoms with Gasteiger partial charge in [0.05, 0.1) is 11.9 Å². The lowest BCUT2D eigenvalue weighted by molar-refractivity contribution is -0.140. The van der Waals surface area contributed by atoms with Crippen molar-refractivity contribution < 1.29 is 22.4 Å². The third-order valence-corrected chi connectivity index (χ3v) is 7.61. The molecule has 0 aliphatic rings. The van der Waals surface area contributed by atoms with Crippen molar-refractivity contribution in [1.82, 2.24) is 10.2 Å². The van der Waals surface area contributed by atoms with Crippen molar-refractivity contribution in [3.8, 4) is 0 Å². The minimum atomic E-state index is -3.57. The lowest BCUT2D eigenvalue weighted by Crippen LogP contribution is -2.49. The van der Waals surface area contributed by atoms with Crippen molar-refractivity contribution in [3.05, 3.63) is 65.0 Å². The molecule has 0 unspecified atom stereocenters. The predicted molar refractivity (Wildman–Crippen MR) is 142 cm³/mol. The molecule has 2 rings (SSSR count). The maximum Gasteiger partial charge on any atom is 0.242 e. The number of aryl methyl sites for hydroxylation is 1. The number of hydrogen-bond donors (Lipinski definition) is 1. The normalized spacial score (nSPS) is 13.1. The SMILES string of the molecule is CC[C@H](C)NC(=O)[C@H](C)N(Cc1ccc(F)cc1)C(=O)CCCN(c1cccc(C)c1C)S(C)(=O)=O. The van der Waals surface area contributed by atoms with E-state index in [4.69, 9.17) is 0 Å². The first-order chi connectivity index (χ1) is 16.8. The summed E-state index contributed by atoms with van der Waals surface area (Å²) in [5.41, 5.74) is 3.13. The molecule has 0 aromatic heterocycles. The molecule has 2 aromatic carbocycles. The van der Waals surface area contributed by atoms with Gasteiger partial charge in [0.25, 0.3) is 0 Å². The van der Waals surface area contributed by atoms with Crippen molar-refractivity contribution in [3.63, 3.8) is 0 Å². The average Bonchev–Trinajstić information content (AvgIpc) is 2.82. The van der Waals surface area contributed by atoms with E-state index in [0.717, 1.165) is 23.8 Å². The molecular formula is C27H38FN3O4S. The number of carbonyl (C=O) groups is 2. The Hall–Kier alpha value is -2.94. The van der Waals surface area contributed by atoms with Gasteiger partial charge >= 0.3 is 0 Å². The average molecular weight is 520 g/mol. The van der Waals surface area contributed by atoms with E-state index in [2.05, 4.69) is 5.32 Å². The van der Waals surface area contributed by atoms with Crippen molar-refractivity contribution in [2.45, 2.75) is 72.5 Å². The Labute approximate surface area is 214 Å². The van der Waals surface area contributed by atoms with Gasteiger partial charge in [0.1, 0.15) is 11.9 Å². The molecule has 2 amide bonds. The summed E-state index contributed by atoms with van der Waals surface area (Å²) in [6.45, 7) is 9.58. The summed E-state index contributed by atoms with van der Waals surface area (Å²) in [7, 11) is -3.57. The Morgan fingerprint density at radius 1 is 1.06 bits per heavy atom. The fourth-order valence-corrected chi connectivity index (χ4v) is 4.84. The maximum absolute atomic E-state index is 13.4. The molecular weight excluding hydrogens is 481 g/mol. The van der Waals surface area contributed by atoms with Gasteiger partial charge in [-0.25, -0.2) is 12.8 Å². The molecule has 198 valence electrons. The smallest absolute Gasteiger partial charge is 0.242 e. The summed E-state index contributed by atoms with van der Waals surface area (Å²) in [5, 5.41) is 2.91. The fourth-order valence-electron chi connectivity index (χ4n) is 3.82. The number of hydrogen-bond acceptors (Lipinski definition) is 4. The third kappa shape index (κ3) is 8.05. The molecule has 0 saturated carbocycles. The zero-order chi connectivity index (χ0) is 27.0. The molecule has 0 aliphatic carbocycles. The Kier molecular flexibility index (Phi) is 10.5. The zero-order valence-electron chi connectivity index (χ0n) is 22.0. The highest BCUT2D eigenvalue weighted by Gasteiger charge is 2.27. The molecule has 0 saturated heterocycles. The molecule has 2 atom stereocenters. The van der Waals surface area contributed by atoms with Gasteiger partial charge in [0.2, 0.25) is 21.8 Å². The number of sulfonamides is 1. The van der Waals surface area contributed by atoms with Gasteiger partial charge in [-0.15, -0.1) is 0 Å². The van der Waals surface area contributed by atoms with E-state index >= 15 is 0 Å². The van der Waals surface area contributed by atoms with Gasteiger partial charge in [-0.1, -0.05) is 31.2 Å². The highest BCUT2D eigenvalue weighted by Crippen LogP contribution is 2.25. The lowest BCUT2D eigenvalue weighted by atomic mass is 10.1. The molecule has 0 spiro atoms. The summed E-state index contributed by atoms with van der Waals surface area (Å²) in [6.07, 6.45) is 2.24. The molecule has 2 aromatic rings. The van der Waals surface area contributed by atoms with Crippen molar-refractivity contribution >= 4 is 27.5 Å². The quantitative estimate of drug-likeness (QED) is 0.453. The zero-order valence-corrected chi connectivity index (χ0v) is 22.9. The van der Waals surface area contributed by atoms with Crippen LogP contribution in [0, 0.1) is 19.7 Å². The van der Waals surface area contributed by atoms with Gasteiger partial charge in [-0.2, -0.15) is 0 Å². The van der Waals surface area contributed by atoms with Crippen LogP contribution in [-0.2, 0) is 26.2 Å². The van der Waals surface area contributed by atoms with Gasteiger partial charge in [-0.3, -0.25) is 13.9 Å². The van der Waals surface area contributed by atoms with Crippen molar-refractivity contribution in [1.29, 1.82) is 0 Å². The molecule has 0 radical (unpaired) electrons. The number of nitrogens with one attached hydrogen (secondary N) is 1. The number of halogens is 1. The number of rotatable bonds is 12. The van der Waals surface area contributed by atoms with Crippen LogP contribution in [0.2, 0.25) is 0 Å². The Morgan fingerprint density at radius 2 is 1.69 bits per heavy atom. The van der Waals surface area contributed by atoms with Crippen LogP contribution in [-0.4, -0.2) is 50.0 Å². The molecule has 36 heavy (non-hydrogen) atoms. The minimum Gasteiger partial charge on any atom is -0.352 e. The minimum absolute atomic E-state index is 0.0383. The Balaban J connectivity index is 2.20. The van der Waals surface area contributed by atoms with Crippen molar-refractivity contribution in [2.24, 2.45) is 0 Å². The first kappa shape index (κ1) is 29.3. The number of anilines is 1. The van der Waals surface area contributed by atoms with Crippen molar-refractivity contribution in [2.75, 3.05) is 17.1 Å². The second-order valence-electron chi connectivity index (χ2n) is 9.30. The molecule has 9 heteroatoms. The largest absolute Gasteiger partial charge is 0.352 e. The van der Waals surface area contributed by atoms with Gasteiger partial charge in [0.15, 0.2) is 0 Å². The standard InChI is InChI=1S/C27H38FN3O4S/c1-7-20(3)29-27(33)22(5)30(18-23-13-15-24(28)16-14-23)26(32)12-9-17-31(36(6,34)35)25-11-8-10-19(2)21(25)4/h8,10-11,13-16,20,22H,7,9,12,17-18H2,1-6H3,(H,29,33)/t20-,22-/m0/s1. The van der Waals surface area contributed by atoms with Crippen LogP contribution in [0.4, 0.5) is 10.1 Å². The number of carbonyl (C=O) groups excluding carboxylic acids is 2. The first-order valence-electron chi connectivity index (χ1n) is 12.2. The van der Waals surface area contributed by atoms with Crippen LogP contribution >= 0.6 is 0 Å². The second-order valence-corrected chi connectivity index (χ2v) is 11.2. The monoisotopic (exact) mass is 519 g/mol. The third-order valence-electron chi connectivity index (χ3n) is 6.43. The summed E-state index contributed by atoms with van der Waals surface area (Å²) >= 11 is 0. The van der Waals surface area contributed by atoms with E-state index in [1.165, 1.54) is 21.3 Å². The topological polar surface area (TPSA) is 86.8 Å². The molecule has 7 nitrogen and oxygen atoms in total. The first-order valence-corrected chi connectivity index (χ1v) is 14.1. The summed E-state index contributed by atoms with van der Waals surface area (Å²) in [6, 6.07) is 10.5. The highest BCUT2D eigenvalue weighted by molar-refractivity contribution is 7.92.